The van der Waals surface area contributed by atoms with Crippen molar-refractivity contribution in [2.24, 2.45) is 0 Å². The quantitative estimate of drug-likeness (QED) is 0.406. The highest BCUT2D eigenvalue weighted by molar-refractivity contribution is 5.91. The zero-order chi connectivity index (χ0) is 22.8. The fourth-order valence-electron chi connectivity index (χ4n) is 3.41. The summed E-state index contributed by atoms with van der Waals surface area (Å²) in [4.78, 5) is 24.5. The summed E-state index contributed by atoms with van der Waals surface area (Å²) < 4.78 is 1.75. The lowest BCUT2D eigenvalue weighted by Gasteiger charge is -2.09. The van der Waals surface area contributed by atoms with E-state index in [2.05, 4.69) is 17.6 Å². The van der Waals surface area contributed by atoms with Crippen LogP contribution in [0, 0.1) is 6.92 Å². The van der Waals surface area contributed by atoms with E-state index < -0.39 is 0 Å². The molecular formula is C26H32N4O2. The number of carbonyl (C=O) groups is 2. The average molecular weight is 433 g/mol. The molecule has 0 saturated carbocycles. The zero-order valence-electron chi connectivity index (χ0n) is 18.9. The Hall–Kier alpha value is -3.41. The van der Waals surface area contributed by atoms with Crippen LogP contribution in [0.15, 0.2) is 60.7 Å². The van der Waals surface area contributed by atoms with Gasteiger partial charge in [0.25, 0.3) is 0 Å². The van der Waals surface area contributed by atoms with Crippen LogP contribution in [-0.2, 0) is 9.59 Å². The maximum Gasteiger partial charge on any atom is 0.225 e. The summed E-state index contributed by atoms with van der Waals surface area (Å²) >= 11 is 0. The Morgan fingerprint density at radius 2 is 1.62 bits per heavy atom. The minimum atomic E-state index is -0.128. The number of anilines is 1. The number of rotatable bonds is 11. The van der Waals surface area contributed by atoms with Crippen LogP contribution in [0.25, 0.3) is 16.9 Å². The van der Waals surface area contributed by atoms with Crippen molar-refractivity contribution in [3.8, 4) is 16.9 Å². The number of benzene rings is 2. The summed E-state index contributed by atoms with van der Waals surface area (Å²) in [6, 6.07) is 19.8. The first kappa shape index (κ1) is 23.3. The second-order valence-electron chi connectivity index (χ2n) is 7.99. The molecule has 0 fully saturated rings. The van der Waals surface area contributed by atoms with Crippen molar-refractivity contribution >= 4 is 17.6 Å². The normalized spacial score (nSPS) is 10.7. The Balaban J connectivity index is 1.64. The van der Waals surface area contributed by atoms with Crippen molar-refractivity contribution in [2.45, 2.75) is 52.4 Å². The Morgan fingerprint density at radius 3 is 2.34 bits per heavy atom. The molecule has 0 spiro atoms. The summed E-state index contributed by atoms with van der Waals surface area (Å²) in [5, 5.41) is 10.6. The van der Waals surface area contributed by atoms with E-state index in [1.54, 1.807) is 4.68 Å². The van der Waals surface area contributed by atoms with Crippen LogP contribution >= 0.6 is 0 Å². The van der Waals surface area contributed by atoms with Crippen LogP contribution in [0.1, 0.15) is 51.0 Å². The highest BCUT2D eigenvalue weighted by atomic mass is 16.2. The smallest absolute Gasteiger partial charge is 0.225 e. The fraction of sp³-hybridized carbons (Fsp3) is 0.346. The third kappa shape index (κ3) is 6.80. The molecule has 2 N–H and O–H groups in total. The molecule has 0 aliphatic carbocycles. The summed E-state index contributed by atoms with van der Waals surface area (Å²) in [6.45, 7) is 4.87. The number of aromatic nitrogens is 2. The molecule has 0 radical (unpaired) electrons. The molecule has 1 heterocycles. The summed E-state index contributed by atoms with van der Waals surface area (Å²) in [5.41, 5.74) is 3.80. The number of amides is 2. The van der Waals surface area contributed by atoms with Gasteiger partial charge in [0, 0.05) is 31.0 Å². The number of nitrogens with one attached hydrogen (secondary N) is 2. The molecule has 0 bridgehead atoms. The van der Waals surface area contributed by atoms with Crippen molar-refractivity contribution < 1.29 is 9.59 Å². The SMILES string of the molecule is CCCCCNC(=O)CCCC(=O)Nc1cc(-c2ccccc2)nn1-c1ccc(C)cc1. The lowest BCUT2D eigenvalue weighted by atomic mass is 10.1. The van der Waals surface area contributed by atoms with Gasteiger partial charge in [-0.1, -0.05) is 67.8 Å². The maximum atomic E-state index is 12.6. The van der Waals surface area contributed by atoms with E-state index in [1.165, 1.54) is 0 Å². The highest BCUT2D eigenvalue weighted by Crippen LogP contribution is 2.25. The van der Waals surface area contributed by atoms with E-state index in [-0.39, 0.29) is 18.2 Å². The largest absolute Gasteiger partial charge is 0.356 e. The molecule has 6 nitrogen and oxygen atoms in total. The van der Waals surface area contributed by atoms with Gasteiger partial charge in [0.05, 0.1) is 11.4 Å². The number of carbonyl (C=O) groups excluding carboxylic acids is 2. The van der Waals surface area contributed by atoms with Crippen molar-refractivity contribution in [3.05, 3.63) is 66.2 Å². The predicted molar refractivity (Wildman–Crippen MR) is 129 cm³/mol. The molecule has 168 valence electrons. The Labute approximate surface area is 190 Å². The molecule has 0 aliphatic heterocycles. The number of aryl methyl sites for hydroxylation is 1. The lowest BCUT2D eigenvalue weighted by Crippen LogP contribution is -2.24. The fourth-order valence-corrected chi connectivity index (χ4v) is 3.41. The third-order valence-electron chi connectivity index (χ3n) is 5.24. The maximum absolute atomic E-state index is 12.6. The Bertz CT molecular complexity index is 1010. The molecule has 3 aromatic rings. The van der Waals surface area contributed by atoms with E-state index in [0.717, 1.165) is 41.8 Å². The van der Waals surface area contributed by atoms with Gasteiger partial charge >= 0.3 is 0 Å². The highest BCUT2D eigenvalue weighted by Gasteiger charge is 2.14. The minimum absolute atomic E-state index is 0.00460. The van der Waals surface area contributed by atoms with Crippen LogP contribution < -0.4 is 10.6 Å². The van der Waals surface area contributed by atoms with Gasteiger partial charge in [0.2, 0.25) is 11.8 Å². The predicted octanol–water partition coefficient (Wildman–Crippen LogP) is 5.26. The standard InChI is InChI=1S/C26H32N4O2/c1-3-4-8-18-27-25(31)12-9-13-26(32)28-24-19-23(21-10-6-5-7-11-21)29-30(24)22-16-14-20(2)15-17-22/h5-7,10-11,14-17,19H,3-4,8-9,12-13,18H2,1-2H3,(H,27,31)(H,28,32). The molecule has 2 aromatic carbocycles. The van der Waals surface area contributed by atoms with Gasteiger partial charge in [-0.2, -0.15) is 5.10 Å². The van der Waals surface area contributed by atoms with Crippen molar-refractivity contribution in [3.63, 3.8) is 0 Å². The van der Waals surface area contributed by atoms with Crippen LogP contribution in [0.3, 0.4) is 0 Å². The van der Waals surface area contributed by atoms with E-state index in [1.807, 2.05) is 67.6 Å². The lowest BCUT2D eigenvalue weighted by molar-refractivity contribution is -0.121. The van der Waals surface area contributed by atoms with Gasteiger partial charge in [-0.3, -0.25) is 9.59 Å². The van der Waals surface area contributed by atoms with Crippen molar-refractivity contribution in [2.75, 3.05) is 11.9 Å². The second kappa shape index (κ2) is 11.8. The average Bonchev–Trinajstić information content (AvgIpc) is 3.21. The number of hydrogen-bond donors (Lipinski definition) is 2. The first-order valence-corrected chi connectivity index (χ1v) is 11.4. The molecule has 3 rings (SSSR count). The van der Waals surface area contributed by atoms with Gasteiger partial charge in [-0.15, -0.1) is 0 Å². The molecule has 0 atom stereocenters. The monoisotopic (exact) mass is 432 g/mol. The third-order valence-corrected chi connectivity index (χ3v) is 5.24. The Morgan fingerprint density at radius 1 is 0.906 bits per heavy atom. The molecule has 2 amide bonds. The van der Waals surface area contributed by atoms with E-state index in [0.29, 0.717) is 25.2 Å². The van der Waals surface area contributed by atoms with Gasteiger partial charge in [-0.25, -0.2) is 4.68 Å². The van der Waals surface area contributed by atoms with E-state index in [4.69, 9.17) is 5.10 Å². The van der Waals surface area contributed by atoms with Crippen LogP contribution in [0.4, 0.5) is 5.82 Å². The molecular weight excluding hydrogens is 400 g/mol. The number of unbranched alkanes of at least 4 members (excludes halogenated alkanes) is 2. The van der Waals surface area contributed by atoms with Crippen LogP contribution in [0.2, 0.25) is 0 Å². The van der Waals surface area contributed by atoms with E-state index in [9.17, 15) is 9.59 Å². The summed E-state index contributed by atoms with van der Waals surface area (Å²) in [6.07, 6.45) is 4.38. The van der Waals surface area contributed by atoms with Gasteiger partial charge in [0.1, 0.15) is 5.82 Å². The molecule has 0 unspecified atom stereocenters. The Kier molecular flexibility index (Phi) is 8.61. The molecule has 32 heavy (non-hydrogen) atoms. The summed E-state index contributed by atoms with van der Waals surface area (Å²) in [7, 11) is 0. The van der Waals surface area contributed by atoms with Gasteiger partial charge in [0.15, 0.2) is 0 Å². The van der Waals surface area contributed by atoms with E-state index >= 15 is 0 Å². The van der Waals surface area contributed by atoms with Crippen LogP contribution in [0.5, 0.6) is 0 Å². The second-order valence-corrected chi connectivity index (χ2v) is 7.99. The first-order chi connectivity index (χ1) is 15.6. The van der Waals surface area contributed by atoms with Gasteiger partial charge in [-0.05, 0) is 31.9 Å². The molecule has 0 saturated heterocycles. The minimum Gasteiger partial charge on any atom is -0.356 e. The first-order valence-electron chi connectivity index (χ1n) is 11.4. The molecule has 0 aliphatic rings. The topological polar surface area (TPSA) is 76.0 Å². The van der Waals surface area contributed by atoms with Gasteiger partial charge < -0.3 is 10.6 Å². The van der Waals surface area contributed by atoms with Crippen molar-refractivity contribution in [1.82, 2.24) is 15.1 Å². The molecule has 6 heteroatoms. The van der Waals surface area contributed by atoms with Crippen molar-refractivity contribution in [1.29, 1.82) is 0 Å². The van der Waals surface area contributed by atoms with Crippen LogP contribution in [-0.4, -0.2) is 28.1 Å². The number of hydrogen-bond acceptors (Lipinski definition) is 3. The number of nitrogens with zero attached hydrogens (tertiary/aromatic N) is 2. The summed E-state index contributed by atoms with van der Waals surface area (Å²) in [5.74, 6) is 0.489. The molecule has 1 aromatic heterocycles. The zero-order valence-corrected chi connectivity index (χ0v) is 18.9.